The summed E-state index contributed by atoms with van der Waals surface area (Å²) in [6.07, 6.45) is 0. The van der Waals surface area contributed by atoms with E-state index in [1.54, 1.807) is 11.3 Å². The lowest BCUT2D eigenvalue weighted by Crippen LogP contribution is -2.30. The maximum Gasteiger partial charge on any atom is 0.238 e. The third-order valence-electron chi connectivity index (χ3n) is 4.00. The van der Waals surface area contributed by atoms with E-state index in [-0.39, 0.29) is 5.91 Å². The van der Waals surface area contributed by atoms with E-state index in [4.69, 9.17) is 0 Å². The Morgan fingerprint density at radius 3 is 2.68 bits per heavy atom. The Morgan fingerprint density at radius 1 is 1.24 bits per heavy atom. The van der Waals surface area contributed by atoms with Gasteiger partial charge in [0.2, 0.25) is 5.91 Å². The van der Waals surface area contributed by atoms with Crippen LogP contribution >= 0.6 is 11.3 Å². The van der Waals surface area contributed by atoms with E-state index in [2.05, 4.69) is 21.9 Å². The van der Waals surface area contributed by atoms with Gasteiger partial charge in [-0.3, -0.25) is 9.69 Å². The quantitative estimate of drug-likeness (QED) is 0.735. The zero-order valence-electron chi connectivity index (χ0n) is 14.7. The van der Waals surface area contributed by atoms with Crippen molar-refractivity contribution in [1.82, 2.24) is 14.7 Å². The van der Waals surface area contributed by atoms with Gasteiger partial charge in [-0.05, 0) is 55.4 Å². The van der Waals surface area contributed by atoms with Crippen molar-refractivity contribution in [1.29, 1.82) is 0 Å². The molecule has 0 radical (unpaired) electrons. The van der Waals surface area contributed by atoms with E-state index >= 15 is 0 Å². The zero-order chi connectivity index (χ0) is 17.8. The summed E-state index contributed by atoms with van der Waals surface area (Å²) in [5.74, 6) is -0.0310. The van der Waals surface area contributed by atoms with Gasteiger partial charge in [0.25, 0.3) is 0 Å². The highest BCUT2D eigenvalue weighted by Gasteiger charge is 2.16. The Labute approximate surface area is 151 Å². The number of para-hydroxylation sites is 1. The van der Waals surface area contributed by atoms with Crippen LogP contribution in [0.3, 0.4) is 0 Å². The maximum atomic E-state index is 12.4. The molecule has 6 heteroatoms. The van der Waals surface area contributed by atoms with Gasteiger partial charge in [-0.15, -0.1) is 0 Å². The van der Waals surface area contributed by atoms with Crippen LogP contribution < -0.4 is 5.32 Å². The van der Waals surface area contributed by atoms with Crippen molar-refractivity contribution in [2.75, 3.05) is 18.9 Å². The summed E-state index contributed by atoms with van der Waals surface area (Å²) in [6, 6.07) is 12.0. The van der Waals surface area contributed by atoms with Crippen molar-refractivity contribution in [2.45, 2.75) is 20.4 Å². The van der Waals surface area contributed by atoms with Crippen molar-refractivity contribution >= 4 is 22.9 Å². The number of benzene rings is 1. The molecule has 1 amide bonds. The van der Waals surface area contributed by atoms with Gasteiger partial charge in [-0.1, -0.05) is 18.2 Å². The molecule has 0 aliphatic carbocycles. The van der Waals surface area contributed by atoms with Crippen LogP contribution in [0.15, 0.2) is 47.2 Å². The van der Waals surface area contributed by atoms with E-state index in [1.807, 2.05) is 66.2 Å². The van der Waals surface area contributed by atoms with E-state index in [9.17, 15) is 4.79 Å². The predicted molar refractivity (Wildman–Crippen MR) is 102 cm³/mol. The lowest BCUT2D eigenvalue weighted by molar-refractivity contribution is -0.117. The molecule has 0 saturated heterocycles. The predicted octanol–water partition coefficient (Wildman–Crippen LogP) is 3.62. The SMILES string of the molecule is Cc1nn(-c2ccccc2)c(C)c1NC(=O)CN(C)Cc1ccsc1. The van der Waals surface area contributed by atoms with E-state index < -0.39 is 0 Å². The van der Waals surface area contributed by atoms with Crippen LogP contribution in [0.1, 0.15) is 17.0 Å². The summed E-state index contributed by atoms with van der Waals surface area (Å²) in [5, 5.41) is 11.7. The summed E-state index contributed by atoms with van der Waals surface area (Å²) in [4.78, 5) is 14.4. The second-order valence-corrected chi connectivity index (χ2v) is 6.93. The Morgan fingerprint density at radius 2 is 2.00 bits per heavy atom. The van der Waals surface area contributed by atoms with Crippen LogP contribution in [0.5, 0.6) is 0 Å². The molecule has 2 heterocycles. The number of aryl methyl sites for hydroxylation is 1. The Bertz CT molecular complexity index is 840. The van der Waals surface area contributed by atoms with Gasteiger partial charge in [-0.2, -0.15) is 16.4 Å². The topological polar surface area (TPSA) is 50.2 Å². The fourth-order valence-corrected chi connectivity index (χ4v) is 3.48. The van der Waals surface area contributed by atoms with Gasteiger partial charge < -0.3 is 5.32 Å². The molecule has 3 aromatic rings. The lowest BCUT2D eigenvalue weighted by Gasteiger charge is -2.15. The molecule has 0 saturated carbocycles. The number of anilines is 1. The average molecular weight is 354 g/mol. The summed E-state index contributed by atoms with van der Waals surface area (Å²) in [6.45, 7) is 4.98. The molecule has 1 aromatic carbocycles. The number of hydrogen-bond acceptors (Lipinski definition) is 4. The Kier molecular flexibility index (Phi) is 5.31. The molecule has 25 heavy (non-hydrogen) atoms. The normalized spacial score (nSPS) is 11.0. The number of hydrogen-bond donors (Lipinski definition) is 1. The monoisotopic (exact) mass is 354 g/mol. The van der Waals surface area contributed by atoms with Crippen molar-refractivity contribution in [3.05, 3.63) is 64.1 Å². The molecule has 0 bridgehead atoms. The summed E-state index contributed by atoms with van der Waals surface area (Å²) >= 11 is 1.67. The largest absolute Gasteiger partial charge is 0.322 e. The van der Waals surface area contributed by atoms with E-state index in [1.165, 1.54) is 5.56 Å². The first-order valence-electron chi connectivity index (χ1n) is 8.15. The summed E-state index contributed by atoms with van der Waals surface area (Å²) in [5.41, 5.74) is 4.74. The highest BCUT2D eigenvalue weighted by Crippen LogP contribution is 2.22. The lowest BCUT2D eigenvalue weighted by atomic mass is 10.3. The third-order valence-corrected chi connectivity index (χ3v) is 4.73. The van der Waals surface area contributed by atoms with Crippen molar-refractivity contribution < 1.29 is 4.79 Å². The van der Waals surface area contributed by atoms with E-state index in [0.717, 1.165) is 29.3 Å². The number of carbonyl (C=O) groups is 1. The standard InChI is InChI=1S/C19H22N4OS/c1-14-19(15(2)23(21-14)17-7-5-4-6-8-17)20-18(24)12-22(3)11-16-9-10-25-13-16/h4-10,13H,11-12H2,1-3H3,(H,20,24). The maximum absolute atomic E-state index is 12.4. The van der Waals surface area contributed by atoms with Gasteiger partial charge in [0.15, 0.2) is 0 Å². The van der Waals surface area contributed by atoms with E-state index in [0.29, 0.717) is 6.54 Å². The number of likely N-dealkylation sites (N-methyl/N-ethyl adjacent to an activating group) is 1. The molecule has 130 valence electrons. The smallest absolute Gasteiger partial charge is 0.238 e. The fourth-order valence-electron chi connectivity index (χ4n) is 2.82. The van der Waals surface area contributed by atoms with Crippen molar-refractivity contribution in [3.8, 4) is 5.69 Å². The number of nitrogens with one attached hydrogen (secondary N) is 1. The molecule has 0 fully saturated rings. The van der Waals surface area contributed by atoms with Crippen LogP contribution in [-0.2, 0) is 11.3 Å². The van der Waals surface area contributed by atoms with Gasteiger partial charge in [0, 0.05) is 6.54 Å². The first-order valence-corrected chi connectivity index (χ1v) is 9.10. The van der Waals surface area contributed by atoms with Gasteiger partial charge in [0.1, 0.15) is 0 Å². The Balaban J connectivity index is 1.68. The first kappa shape index (κ1) is 17.4. The molecule has 0 aliphatic rings. The average Bonchev–Trinajstić information content (AvgIpc) is 3.19. The molecule has 5 nitrogen and oxygen atoms in total. The first-order chi connectivity index (χ1) is 12.0. The third kappa shape index (κ3) is 4.15. The highest BCUT2D eigenvalue weighted by molar-refractivity contribution is 7.07. The van der Waals surface area contributed by atoms with Crippen LogP contribution in [-0.4, -0.2) is 34.2 Å². The van der Waals surface area contributed by atoms with Crippen molar-refractivity contribution in [3.63, 3.8) is 0 Å². The van der Waals surface area contributed by atoms with Crippen LogP contribution in [0.2, 0.25) is 0 Å². The van der Waals surface area contributed by atoms with Crippen LogP contribution in [0.4, 0.5) is 5.69 Å². The number of rotatable bonds is 6. The molecule has 0 atom stereocenters. The minimum atomic E-state index is -0.0310. The number of amides is 1. The number of aromatic nitrogens is 2. The summed E-state index contributed by atoms with van der Waals surface area (Å²) in [7, 11) is 1.95. The number of thiophene rings is 1. The molecule has 2 aromatic heterocycles. The van der Waals surface area contributed by atoms with Crippen LogP contribution in [0, 0.1) is 13.8 Å². The van der Waals surface area contributed by atoms with Crippen LogP contribution in [0.25, 0.3) is 5.69 Å². The highest BCUT2D eigenvalue weighted by atomic mass is 32.1. The second kappa shape index (κ2) is 7.63. The van der Waals surface area contributed by atoms with Gasteiger partial charge in [-0.25, -0.2) is 4.68 Å². The number of carbonyl (C=O) groups excluding carboxylic acids is 1. The minimum absolute atomic E-state index is 0.0310. The molecule has 3 rings (SSSR count). The second-order valence-electron chi connectivity index (χ2n) is 6.15. The Hall–Kier alpha value is -2.44. The summed E-state index contributed by atoms with van der Waals surface area (Å²) < 4.78 is 1.86. The molecule has 0 aliphatic heterocycles. The fraction of sp³-hybridized carbons (Fsp3) is 0.263. The molecular formula is C19H22N4OS. The number of nitrogens with zero attached hydrogens (tertiary/aromatic N) is 3. The molecule has 1 N–H and O–H groups in total. The van der Waals surface area contributed by atoms with Crippen molar-refractivity contribution in [2.24, 2.45) is 0 Å². The molecular weight excluding hydrogens is 332 g/mol. The zero-order valence-corrected chi connectivity index (χ0v) is 15.5. The minimum Gasteiger partial charge on any atom is -0.322 e. The molecule has 0 spiro atoms. The van der Waals surface area contributed by atoms with Gasteiger partial charge in [0.05, 0.1) is 29.3 Å². The van der Waals surface area contributed by atoms with Gasteiger partial charge >= 0.3 is 0 Å². The molecule has 0 unspecified atom stereocenters.